The van der Waals surface area contributed by atoms with E-state index < -0.39 is 0 Å². The van der Waals surface area contributed by atoms with Gasteiger partial charge in [0.05, 0.1) is 0 Å². The third-order valence-electron chi connectivity index (χ3n) is 4.72. The van der Waals surface area contributed by atoms with E-state index in [1.165, 1.54) is 0 Å². The van der Waals surface area contributed by atoms with Gasteiger partial charge in [-0.05, 0) is 102 Å². The summed E-state index contributed by atoms with van der Waals surface area (Å²) in [6, 6.07) is 21.7. The summed E-state index contributed by atoms with van der Waals surface area (Å²) in [5, 5.41) is 9.57. The van der Waals surface area contributed by atoms with Gasteiger partial charge in [-0.15, -0.1) is 0 Å². The van der Waals surface area contributed by atoms with Gasteiger partial charge in [-0.3, -0.25) is 14.9 Å². The number of carbonyl (C=O) groups excluding carboxylic acids is 2. The molecule has 2 amide bonds. The second kappa shape index (κ2) is 9.49. The lowest BCUT2D eigenvalue weighted by Crippen LogP contribution is -2.34. The van der Waals surface area contributed by atoms with Crippen LogP contribution in [0.4, 0.5) is 11.4 Å². The zero-order valence-corrected chi connectivity index (χ0v) is 19.9. The Morgan fingerprint density at radius 3 is 2.38 bits per heavy atom. The van der Waals surface area contributed by atoms with E-state index in [0.717, 1.165) is 14.5 Å². The minimum atomic E-state index is -0.328. The minimum absolute atomic E-state index is 0.187. The van der Waals surface area contributed by atoms with Crippen LogP contribution in [0.1, 0.15) is 26.5 Å². The van der Waals surface area contributed by atoms with E-state index in [9.17, 15) is 9.59 Å². The summed E-state index contributed by atoms with van der Waals surface area (Å²) in [6.07, 6.45) is 0. The first-order valence-corrected chi connectivity index (χ1v) is 11.2. The van der Waals surface area contributed by atoms with Gasteiger partial charge in [0.25, 0.3) is 11.8 Å². The van der Waals surface area contributed by atoms with Crippen LogP contribution in [0.5, 0.6) is 0 Å². The monoisotopic (exact) mass is 555 g/mol. The predicted molar refractivity (Wildman–Crippen MR) is 138 cm³/mol. The Hall–Kier alpha value is -3.24. The molecule has 8 heteroatoms. The van der Waals surface area contributed by atoms with Gasteiger partial charge in [0.15, 0.2) is 10.9 Å². The fraction of sp³-hybridized carbons (Fsp3) is 0.0417. The molecule has 0 radical (unpaired) electrons. The highest BCUT2D eigenvalue weighted by Gasteiger charge is 2.14. The van der Waals surface area contributed by atoms with E-state index in [-0.39, 0.29) is 22.7 Å². The summed E-state index contributed by atoms with van der Waals surface area (Å²) in [5.41, 5.74) is 3.35. The highest BCUT2D eigenvalue weighted by molar-refractivity contribution is 14.1. The van der Waals surface area contributed by atoms with Crippen LogP contribution < -0.4 is 16.0 Å². The van der Waals surface area contributed by atoms with Gasteiger partial charge >= 0.3 is 0 Å². The number of rotatable bonds is 4. The number of para-hydroxylation sites is 1. The van der Waals surface area contributed by atoms with Crippen LogP contribution in [0.2, 0.25) is 0 Å². The summed E-state index contributed by atoms with van der Waals surface area (Å²) >= 11 is 7.43. The molecule has 3 aromatic carbocycles. The van der Waals surface area contributed by atoms with Crippen molar-refractivity contribution in [3.63, 3.8) is 0 Å². The molecule has 0 spiro atoms. The molecule has 0 atom stereocenters. The van der Waals surface area contributed by atoms with Crippen molar-refractivity contribution in [2.24, 2.45) is 0 Å². The Bertz CT molecular complexity index is 1300. The highest BCUT2D eigenvalue weighted by Crippen LogP contribution is 2.23. The molecule has 4 aromatic rings. The predicted octanol–water partition coefficient (Wildman–Crippen LogP) is 5.72. The van der Waals surface area contributed by atoms with E-state index in [1.807, 2.05) is 49.4 Å². The van der Waals surface area contributed by atoms with Crippen LogP contribution in [0.15, 0.2) is 77.2 Å². The molecule has 0 aliphatic carbocycles. The van der Waals surface area contributed by atoms with E-state index in [2.05, 4.69) is 38.5 Å². The third-order valence-corrected chi connectivity index (χ3v) is 5.64. The maximum absolute atomic E-state index is 12.6. The first-order chi connectivity index (χ1) is 15.4. The number of thiocarbonyl (C=S) groups is 1. The van der Waals surface area contributed by atoms with Gasteiger partial charge in [-0.2, -0.15) is 0 Å². The average molecular weight is 555 g/mol. The number of amides is 2. The molecule has 160 valence electrons. The van der Waals surface area contributed by atoms with E-state index >= 15 is 0 Å². The summed E-state index contributed by atoms with van der Waals surface area (Å²) in [7, 11) is 0. The number of halogens is 1. The molecule has 0 bridgehead atoms. The van der Waals surface area contributed by atoms with Gasteiger partial charge in [0.1, 0.15) is 5.58 Å². The smallest absolute Gasteiger partial charge is 0.291 e. The summed E-state index contributed by atoms with van der Waals surface area (Å²) in [5.74, 6) is -0.372. The number of nitrogens with one attached hydrogen (secondary N) is 3. The zero-order chi connectivity index (χ0) is 22.7. The Labute approximate surface area is 203 Å². The molecular formula is C24H18IN3O3S. The summed E-state index contributed by atoms with van der Waals surface area (Å²) < 4.78 is 6.66. The number of hydrogen-bond acceptors (Lipinski definition) is 4. The van der Waals surface area contributed by atoms with E-state index in [1.54, 1.807) is 30.3 Å². The Morgan fingerprint density at radius 1 is 0.906 bits per heavy atom. The van der Waals surface area contributed by atoms with Crippen molar-refractivity contribution >= 4 is 74.1 Å². The van der Waals surface area contributed by atoms with Crippen LogP contribution in [0, 0.1) is 10.5 Å². The Kier molecular flexibility index (Phi) is 6.52. The van der Waals surface area contributed by atoms with E-state index in [0.29, 0.717) is 22.5 Å². The molecule has 0 unspecified atom stereocenters. The zero-order valence-electron chi connectivity index (χ0n) is 16.9. The van der Waals surface area contributed by atoms with Crippen molar-refractivity contribution in [1.82, 2.24) is 5.32 Å². The lowest BCUT2D eigenvalue weighted by atomic mass is 10.1. The minimum Gasteiger partial charge on any atom is -0.451 e. The van der Waals surface area contributed by atoms with E-state index in [4.69, 9.17) is 16.6 Å². The van der Waals surface area contributed by atoms with Gasteiger partial charge in [0, 0.05) is 25.9 Å². The van der Waals surface area contributed by atoms with Gasteiger partial charge in [-0.25, -0.2) is 0 Å². The molecule has 0 aliphatic rings. The van der Waals surface area contributed by atoms with Crippen molar-refractivity contribution in [1.29, 1.82) is 0 Å². The topological polar surface area (TPSA) is 83.4 Å². The number of benzene rings is 3. The quantitative estimate of drug-likeness (QED) is 0.222. The molecule has 32 heavy (non-hydrogen) atoms. The molecule has 0 aliphatic heterocycles. The largest absolute Gasteiger partial charge is 0.451 e. The van der Waals surface area contributed by atoms with Crippen LogP contribution in [-0.4, -0.2) is 16.9 Å². The van der Waals surface area contributed by atoms with Gasteiger partial charge in [-0.1, -0.05) is 18.2 Å². The van der Waals surface area contributed by atoms with Crippen LogP contribution in [0.3, 0.4) is 0 Å². The summed E-state index contributed by atoms with van der Waals surface area (Å²) in [6.45, 7) is 1.87. The summed E-state index contributed by atoms with van der Waals surface area (Å²) in [4.78, 5) is 24.9. The van der Waals surface area contributed by atoms with Gasteiger partial charge in [0.2, 0.25) is 0 Å². The standard InChI is InChI=1S/C24H18IN3O3S/c1-14-12-18(26-24(32)28-22(29)15-6-8-17(25)9-7-15)10-11-19(14)27-23(30)21-13-16-4-2-3-5-20(16)31-21/h2-13H,1H3,(H,27,30)(H2,26,28,29,32). The second-order valence-corrected chi connectivity index (χ2v) is 8.70. The normalized spacial score (nSPS) is 10.6. The molecular weight excluding hydrogens is 537 g/mol. The maximum atomic E-state index is 12.6. The number of furan rings is 1. The molecule has 0 fully saturated rings. The van der Waals surface area contributed by atoms with Gasteiger partial charge < -0.3 is 15.1 Å². The lowest BCUT2D eigenvalue weighted by Gasteiger charge is -2.12. The average Bonchev–Trinajstić information content (AvgIpc) is 3.20. The highest BCUT2D eigenvalue weighted by atomic mass is 127. The molecule has 3 N–H and O–H groups in total. The molecule has 4 rings (SSSR count). The lowest BCUT2D eigenvalue weighted by molar-refractivity contribution is 0.0975. The van der Waals surface area contributed by atoms with Crippen LogP contribution in [0.25, 0.3) is 11.0 Å². The Morgan fingerprint density at radius 2 is 1.66 bits per heavy atom. The van der Waals surface area contributed by atoms with Crippen molar-refractivity contribution < 1.29 is 14.0 Å². The van der Waals surface area contributed by atoms with Crippen molar-refractivity contribution in [3.05, 3.63) is 93.3 Å². The fourth-order valence-electron chi connectivity index (χ4n) is 3.10. The molecule has 1 aromatic heterocycles. The van der Waals surface area contributed by atoms with Crippen molar-refractivity contribution in [2.75, 3.05) is 10.6 Å². The maximum Gasteiger partial charge on any atom is 0.291 e. The first-order valence-electron chi connectivity index (χ1n) is 9.67. The van der Waals surface area contributed by atoms with Crippen LogP contribution in [-0.2, 0) is 0 Å². The van der Waals surface area contributed by atoms with Crippen molar-refractivity contribution in [2.45, 2.75) is 6.92 Å². The number of hydrogen-bond donors (Lipinski definition) is 3. The first kappa shape index (κ1) is 22.0. The Balaban J connectivity index is 1.39. The molecule has 0 saturated heterocycles. The molecule has 1 heterocycles. The second-order valence-electron chi connectivity index (χ2n) is 7.05. The van der Waals surface area contributed by atoms with Crippen molar-refractivity contribution in [3.8, 4) is 0 Å². The SMILES string of the molecule is Cc1cc(NC(=S)NC(=O)c2ccc(I)cc2)ccc1NC(=O)c1cc2ccccc2o1. The fourth-order valence-corrected chi connectivity index (χ4v) is 3.67. The van der Waals surface area contributed by atoms with Crippen LogP contribution >= 0.6 is 34.8 Å². The number of fused-ring (bicyclic) bond motifs is 1. The number of carbonyl (C=O) groups is 2. The molecule has 6 nitrogen and oxygen atoms in total. The third kappa shape index (κ3) is 5.14. The number of aryl methyl sites for hydroxylation is 1. The number of anilines is 2. The molecule has 0 saturated carbocycles.